The molecule has 1 aromatic rings. The summed E-state index contributed by atoms with van der Waals surface area (Å²) in [6.07, 6.45) is -2.64. The molecule has 1 N–H and O–H groups in total. The van der Waals surface area contributed by atoms with Crippen LogP contribution in [-0.2, 0) is 15.0 Å². The molecule has 1 saturated heterocycles. The minimum Gasteiger partial charge on any atom is -0.475 e. The number of carboxylic acid groups (broad SMARTS) is 1. The predicted octanol–water partition coefficient (Wildman–Crippen LogP) is 2.79. The van der Waals surface area contributed by atoms with E-state index in [4.69, 9.17) is 9.90 Å². The SMILES string of the molecule is CC(=O)N1CCC2(CC1)CC(=O)c1ccccc12.O=C(O)C(F)(F)F. The van der Waals surface area contributed by atoms with E-state index >= 15 is 0 Å². The van der Waals surface area contributed by atoms with Gasteiger partial charge in [0, 0.05) is 37.4 Å². The fourth-order valence-corrected chi connectivity index (χ4v) is 3.38. The van der Waals surface area contributed by atoms with Crippen LogP contribution in [0.5, 0.6) is 0 Å². The third kappa shape index (κ3) is 4.00. The number of fused-ring (bicyclic) bond motifs is 2. The predicted molar refractivity (Wildman–Crippen MR) is 82.2 cm³/mol. The quantitative estimate of drug-likeness (QED) is 0.775. The molecule has 0 saturated carbocycles. The molecule has 1 heterocycles. The number of piperidine rings is 1. The lowest BCUT2D eigenvalue weighted by Gasteiger charge is -2.39. The summed E-state index contributed by atoms with van der Waals surface area (Å²) < 4.78 is 31.7. The first-order valence-corrected chi connectivity index (χ1v) is 7.75. The molecule has 1 aliphatic carbocycles. The van der Waals surface area contributed by atoms with Crippen LogP contribution in [0.25, 0.3) is 0 Å². The standard InChI is InChI=1S/C15H17NO2.C2HF3O2/c1-11(17)16-8-6-15(7-9-16)10-14(18)12-4-2-3-5-13(12)15;3-2(4,5)1(6)7/h2-5H,6-10H2,1H3;(H,6,7). The zero-order valence-electron chi connectivity index (χ0n) is 13.6. The number of hydrogen-bond donors (Lipinski definition) is 1. The lowest BCUT2D eigenvalue weighted by Crippen LogP contribution is -2.43. The summed E-state index contributed by atoms with van der Waals surface area (Å²) in [5.74, 6) is -2.35. The van der Waals surface area contributed by atoms with Crippen molar-refractivity contribution in [2.24, 2.45) is 0 Å². The summed E-state index contributed by atoms with van der Waals surface area (Å²) in [7, 11) is 0. The minimum absolute atomic E-state index is 0.000370. The van der Waals surface area contributed by atoms with Crippen LogP contribution in [0.1, 0.15) is 42.1 Å². The van der Waals surface area contributed by atoms with Crippen molar-refractivity contribution < 1.29 is 32.7 Å². The number of Topliss-reactive ketones (excluding diaryl/α,β-unsaturated/α-hetero) is 1. The number of halogens is 3. The number of rotatable bonds is 0. The zero-order valence-corrected chi connectivity index (χ0v) is 13.6. The number of benzene rings is 1. The van der Waals surface area contributed by atoms with Gasteiger partial charge in [0.15, 0.2) is 5.78 Å². The third-order valence-corrected chi connectivity index (χ3v) is 4.71. The van der Waals surface area contributed by atoms with Crippen molar-refractivity contribution in [1.82, 2.24) is 4.90 Å². The molecule has 1 spiro atoms. The molecule has 0 unspecified atom stereocenters. The summed E-state index contributed by atoms with van der Waals surface area (Å²) in [6, 6.07) is 7.96. The van der Waals surface area contributed by atoms with E-state index in [0.29, 0.717) is 6.42 Å². The van der Waals surface area contributed by atoms with Gasteiger partial charge in [0.2, 0.25) is 5.91 Å². The van der Waals surface area contributed by atoms with Crippen LogP contribution >= 0.6 is 0 Å². The Hall–Kier alpha value is -2.38. The van der Waals surface area contributed by atoms with Gasteiger partial charge in [-0.15, -0.1) is 0 Å². The van der Waals surface area contributed by atoms with Gasteiger partial charge in [0.05, 0.1) is 0 Å². The molecule has 2 aliphatic rings. The fourth-order valence-electron chi connectivity index (χ4n) is 3.38. The van der Waals surface area contributed by atoms with Crippen LogP contribution in [0.3, 0.4) is 0 Å². The third-order valence-electron chi connectivity index (χ3n) is 4.71. The number of hydrogen-bond acceptors (Lipinski definition) is 3. The van der Waals surface area contributed by atoms with Crippen LogP contribution in [0, 0.1) is 0 Å². The number of likely N-dealkylation sites (tertiary alicyclic amines) is 1. The van der Waals surface area contributed by atoms with E-state index in [-0.39, 0.29) is 17.1 Å². The van der Waals surface area contributed by atoms with E-state index in [1.807, 2.05) is 23.1 Å². The minimum atomic E-state index is -5.08. The van der Waals surface area contributed by atoms with Crippen molar-refractivity contribution >= 4 is 17.7 Å². The molecule has 1 fully saturated rings. The molecule has 1 aliphatic heterocycles. The lowest BCUT2D eigenvalue weighted by atomic mass is 9.74. The van der Waals surface area contributed by atoms with Crippen molar-refractivity contribution in [2.45, 2.75) is 37.8 Å². The van der Waals surface area contributed by atoms with Gasteiger partial charge in [0.1, 0.15) is 0 Å². The summed E-state index contributed by atoms with van der Waals surface area (Å²) in [4.78, 5) is 34.2. The average molecular weight is 357 g/mol. The maximum atomic E-state index is 12.1. The van der Waals surface area contributed by atoms with E-state index in [1.54, 1.807) is 6.92 Å². The topological polar surface area (TPSA) is 74.7 Å². The van der Waals surface area contributed by atoms with E-state index in [9.17, 15) is 22.8 Å². The first kappa shape index (κ1) is 19.0. The first-order chi connectivity index (χ1) is 11.6. The van der Waals surface area contributed by atoms with Crippen LogP contribution in [0.15, 0.2) is 24.3 Å². The normalized spacial score (nSPS) is 18.4. The van der Waals surface area contributed by atoms with Crippen molar-refractivity contribution in [3.05, 3.63) is 35.4 Å². The Morgan fingerprint density at radius 2 is 1.68 bits per heavy atom. The van der Waals surface area contributed by atoms with E-state index in [2.05, 4.69) is 6.07 Å². The largest absolute Gasteiger partial charge is 0.490 e. The number of carbonyl (C=O) groups is 3. The summed E-state index contributed by atoms with van der Waals surface area (Å²) in [5, 5.41) is 7.12. The molecular weight excluding hydrogens is 339 g/mol. The second kappa shape index (κ2) is 6.85. The molecule has 136 valence electrons. The molecule has 0 radical (unpaired) electrons. The summed E-state index contributed by atoms with van der Waals surface area (Å²) in [6.45, 7) is 3.17. The molecule has 0 aromatic heterocycles. The van der Waals surface area contributed by atoms with Crippen molar-refractivity contribution in [3.63, 3.8) is 0 Å². The van der Waals surface area contributed by atoms with E-state index < -0.39 is 12.1 Å². The highest BCUT2D eigenvalue weighted by atomic mass is 19.4. The van der Waals surface area contributed by atoms with Gasteiger partial charge in [-0.1, -0.05) is 24.3 Å². The number of nitrogens with zero attached hydrogens (tertiary/aromatic N) is 1. The molecule has 25 heavy (non-hydrogen) atoms. The van der Waals surface area contributed by atoms with Gasteiger partial charge in [0.25, 0.3) is 0 Å². The molecular formula is C17H18F3NO4. The van der Waals surface area contributed by atoms with Crippen LogP contribution in [-0.4, -0.2) is 46.9 Å². The number of aliphatic carboxylic acids is 1. The monoisotopic (exact) mass is 357 g/mol. The second-order valence-corrected chi connectivity index (χ2v) is 6.23. The Morgan fingerprint density at radius 1 is 1.16 bits per heavy atom. The van der Waals surface area contributed by atoms with Crippen molar-refractivity contribution in [2.75, 3.05) is 13.1 Å². The number of carboxylic acids is 1. The van der Waals surface area contributed by atoms with Crippen molar-refractivity contribution in [1.29, 1.82) is 0 Å². The Kier molecular flexibility index (Phi) is 5.20. The first-order valence-electron chi connectivity index (χ1n) is 7.75. The number of alkyl halides is 3. The summed E-state index contributed by atoms with van der Waals surface area (Å²) in [5.41, 5.74) is 2.10. The van der Waals surface area contributed by atoms with E-state index in [0.717, 1.165) is 31.5 Å². The molecule has 8 heteroatoms. The Balaban J connectivity index is 0.000000277. The molecule has 1 amide bonds. The van der Waals surface area contributed by atoms with Gasteiger partial charge < -0.3 is 10.0 Å². The fraction of sp³-hybridized carbons (Fsp3) is 0.471. The van der Waals surface area contributed by atoms with Gasteiger partial charge >= 0.3 is 12.1 Å². The van der Waals surface area contributed by atoms with Gasteiger partial charge in [-0.2, -0.15) is 13.2 Å². The number of ketones is 1. The van der Waals surface area contributed by atoms with Gasteiger partial charge in [-0.25, -0.2) is 4.79 Å². The Bertz CT molecular complexity index is 691. The Morgan fingerprint density at radius 3 is 2.16 bits per heavy atom. The van der Waals surface area contributed by atoms with Crippen LogP contribution in [0.4, 0.5) is 13.2 Å². The Labute approximate surface area is 142 Å². The molecule has 5 nitrogen and oxygen atoms in total. The highest BCUT2D eigenvalue weighted by molar-refractivity contribution is 6.02. The lowest BCUT2D eigenvalue weighted by molar-refractivity contribution is -0.192. The number of amides is 1. The van der Waals surface area contributed by atoms with Crippen LogP contribution in [0.2, 0.25) is 0 Å². The molecule has 0 bridgehead atoms. The second-order valence-electron chi connectivity index (χ2n) is 6.23. The van der Waals surface area contributed by atoms with Crippen LogP contribution < -0.4 is 0 Å². The van der Waals surface area contributed by atoms with Gasteiger partial charge in [-0.3, -0.25) is 9.59 Å². The molecule has 1 aromatic carbocycles. The van der Waals surface area contributed by atoms with Crippen molar-refractivity contribution in [3.8, 4) is 0 Å². The maximum absolute atomic E-state index is 12.1. The smallest absolute Gasteiger partial charge is 0.475 e. The number of carbonyl (C=O) groups excluding carboxylic acids is 2. The molecule has 3 rings (SSSR count). The zero-order chi connectivity index (χ0) is 18.8. The molecule has 0 atom stereocenters. The van der Waals surface area contributed by atoms with E-state index in [1.165, 1.54) is 5.56 Å². The van der Waals surface area contributed by atoms with Gasteiger partial charge in [-0.05, 0) is 18.4 Å². The highest BCUT2D eigenvalue weighted by Gasteiger charge is 2.45. The maximum Gasteiger partial charge on any atom is 0.490 e. The summed E-state index contributed by atoms with van der Waals surface area (Å²) >= 11 is 0. The average Bonchev–Trinajstić information content (AvgIpc) is 2.80. The highest BCUT2D eigenvalue weighted by Crippen LogP contribution is 2.45.